The van der Waals surface area contributed by atoms with Crippen molar-refractivity contribution in [1.82, 2.24) is 15.5 Å². The van der Waals surface area contributed by atoms with Crippen molar-refractivity contribution in [3.05, 3.63) is 72.1 Å². The van der Waals surface area contributed by atoms with Gasteiger partial charge in [0, 0.05) is 24.9 Å². The van der Waals surface area contributed by atoms with Gasteiger partial charge in [-0.15, -0.1) is 0 Å². The van der Waals surface area contributed by atoms with E-state index in [2.05, 4.69) is 15.5 Å². The summed E-state index contributed by atoms with van der Waals surface area (Å²) in [5.74, 6) is 1.17. The van der Waals surface area contributed by atoms with Gasteiger partial charge in [-0.2, -0.15) is 4.98 Å². The number of rotatable bonds is 7. The van der Waals surface area contributed by atoms with E-state index in [1.165, 1.54) is 0 Å². The van der Waals surface area contributed by atoms with Gasteiger partial charge in [0.1, 0.15) is 0 Å². The molecule has 0 fully saturated rings. The monoisotopic (exact) mass is 321 g/mol. The second-order valence-electron chi connectivity index (χ2n) is 5.49. The minimum atomic E-state index is 0.0293. The highest BCUT2D eigenvalue weighted by Gasteiger charge is 2.09. The molecule has 3 rings (SSSR count). The van der Waals surface area contributed by atoms with Crippen molar-refractivity contribution < 1.29 is 9.32 Å². The number of nitrogens with zero attached hydrogens (tertiary/aromatic N) is 2. The highest BCUT2D eigenvalue weighted by atomic mass is 16.5. The molecule has 0 aliphatic carbocycles. The Labute approximate surface area is 140 Å². The van der Waals surface area contributed by atoms with Crippen molar-refractivity contribution in [2.24, 2.45) is 0 Å². The maximum absolute atomic E-state index is 11.9. The van der Waals surface area contributed by atoms with Crippen LogP contribution >= 0.6 is 0 Å². The van der Waals surface area contributed by atoms with Gasteiger partial charge in [0.2, 0.25) is 17.6 Å². The molecule has 24 heavy (non-hydrogen) atoms. The van der Waals surface area contributed by atoms with Gasteiger partial charge in [-0.05, 0) is 12.0 Å². The Hall–Kier alpha value is -2.95. The zero-order valence-electron chi connectivity index (χ0n) is 13.3. The summed E-state index contributed by atoms with van der Waals surface area (Å²) in [4.78, 5) is 16.2. The van der Waals surface area contributed by atoms with Crippen molar-refractivity contribution in [2.75, 3.05) is 0 Å². The number of carbonyl (C=O) groups is 1. The number of carbonyl (C=O) groups excluding carboxylic acids is 1. The lowest BCUT2D eigenvalue weighted by Gasteiger charge is -2.04. The molecule has 1 amide bonds. The van der Waals surface area contributed by atoms with Gasteiger partial charge in [-0.3, -0.25) is 4.79 Å². The van der Waals surface area contributed by atoms with Crippen LogP contribution in [0.4, 0.5) is 0 Å². The number of amides is 1. The first-order valence-electron chi connectivity index (χ1n) is 8.00. The number of aryl methyl sites for hydroxylation is 1. The van der Waals surface area contributed by atoms with Gasteiger partial charge >= 0.3 is 0 Å². The van der Waals surface area contributed by atoms with Crippen LogP contribution in [0.2, 0.25) is 0 Å². The lowest BCUT2D eigenvalue weighted by molar-refractivity contribution is -0.121. The molecule has 0 radical (unpaired) electrons. The maximum Gasteiger partial charge on any atom is 0.226 e. The number of benzene rings is 2. The molecule has 0 saturated heterocycles. The fraction of sp³-hybridized carbons (Fsp3) is 0.211. The number of hydrogen-bond donors (Lipinski definition) is 1. The molecular formula is C19H19N3O2. The van der Waals surface area contributed by atoms with Crippen LogP contribution in [0.5, 0.6) is 0 Å². The van der Waals surface area contributed by atoms with E-state index in [0.29, 0.717) is 37.5 Å². The second kappa shape index (κ2) is 8.06. The molecule has 2 aromatic carbocycles. The van der Waals surface area contributed by atoms with Gasteiger partial charge in [0.15, 0.2) is 0 Å². The number of nitrogens with one attached hydrogen (secondary N) is 1. The zero-order valence-corrected chi connectivity index (χ0v) is 13.3. The predicted octanol–water partition coefficient (Wildman–Crippen LogP) is 3.38. The van der Waals surface area contributed by atoms with Crippen LogP contribution in [0.15, 0.2) is 65.2 Å². The fourth-order valence-electron chi connectivity index (χ4n) is 2.35. The Kier molecular flexibility index (Phi) is 5.35. The zero-order chi connectivity index (χ0) is 16.6. The van der Waals surface area contributed by atoms with Crippen LogP contribution < -0.4 is 5.32 Å². The molecule has 3 aromatic rings. The largest absolute Gasteiger partial charge is 0.352 e. The summed E-state index contributed by atoms with van der Waals surface area (Å²) < 4.78 is 5.24. The van der Waals surface area contributed by atoms with Crippen molar-refractivity contribution in [3.63, 3.8) is 0 Å². The van der Waals surface area contributed by atoms with Gasteiger partial charge in [-0.25, -0.2) is 0 Å². The summed E-state index contributed by atoms with van der Waals surface area (Å²) in [6.45, 7) is 0.554. The van der Waals surface area contributed by atoms with Crippen molar-refractivity contribution in [2.45, 2.75) is 25.8 Å². The summed E-state index contributed by atoms with van der Waals surface area (Å²) in [6, 6.07) is 19.5. The third kappa shape index (κ3) is 4.52. The van der Waals surface area contributed by atoms with Gasteiger partial charge in [0.25, 0.3) is 0 Å². The van der Waals surface area contributed by atoms with Crippen LogP contribution in [0.1, 0.15) is 24.3 Å². The van der Waals surface area contributed by atoms with E-state index in [9.17, 15) is 4.79 Å². The van der Waals surface area contributed by atoms with E-state index in [-0.39, 0.29) is 5.91 Å². The molecule has 1 N–H and O–H groups in total. The summed E-state index contributed by atoms with van der Waals surface area (Å²) in [5.41, 5.74) is 2.02. The SMILES string of the molecule is O=C(CCCc1nc(-c2ccccc2)no1)NCc1ccccc1. The average molecular weight is 321 g/mol. The first kappa shape index (κ1) is 15.9. The molecule has 0 spiro atoms. The Morgan fingerprint density at radius 2 is 1.71 bits per heavy atom. The second-order valence-corrected chi connectivity index (χ2v) is 5.49. The molecule has 0 bridgehead atoms. The maximum atomic E-state index is 11.9. The molecule has 0 saturated carbocycles. The standard InChI is InChI=1S/C19H19N3O2/c23-17(20-14-15-8-3-1-4-9-15)12-7-13-18-21-19(22-24-18)16-10-5-2-6-11-16/h1-6,8-11H,7,12-14H2,(H,20,23). The van der Waals surface area contributed by atoms with Crippen molar-refractivity contribution in [1.29, 1.82) is 0 Å². The van der Waals surface area contributed by atoms with E-state index >= 15 is 0 Å². The lowest BCUT2D eigenvalue weighted by Crippen LogP contribution is -2.22. The number of aromatic nitrogens is 2. The van der Waals surface area contributed by atoms with E-state index in [4.69, 9.17) is 4.52 Å². The van der Waals surface area contributed by atoms with Gasteiger partial charge < -0.3 is 9.84 Å². The molecule has 122 valence electrons. The summed E-state index contributed by atoms with van der Waals surface area (Å²) in [5, 5.41) is 6.88. The summed E-state index contributed by atoms with van der Waals surface area (Å²) in [7, 11) is 0. The first-order chi connectivity index (χ1) is 11.8. The molecule has 0 atom stereocenters. The van der Waals surface area contributed by atoms with Crippen LogP contribution in [-0.2, 0) is 17.8 Å². The molecule has 5 nitrogen and oxygen atoms in total. The van der Waals surface area contributed by atoms with E-state index in [1.54, 1.807) is 0 Å². The Morgan fingerprint density at radius 3 is 2.46 bits per heavy atom. The minimum absolute atomic E-state index is 0.0293. The molecule has 1 aromatic heterocycles. The van der Waals surface area contributed by atoms with Gasteiger partial charge in [0.05, 0.1) is 0 Å². The third-order valence-corrected chi connectivity index (χ3v) is 3.63. The van der Waals surface area contributed by atoms with Gasteiger partial charge in [-0.1, -0.05) is 65.8 Å². The van der Waals surface area contributed by atoms with E-state index in [1.807, 2.05) is 60.7 Å². The number of hydrogen-bond acceptors (Lipinski definition) is 4. The van der Waals surface area contributed by atoms with E-state index in [0.717, 1.165) is 11.1 Å². The first-order valence-corrected chi connectivity index (χ1v) is 8.00. The van der Waals surface area contributed by atoms with Crippen molar-refractivity contribution in [3.8, 4) is 11.4 Å². The van der Waals surface area contributed by atoms with E-state index < -0.39 is 0 Å². The highest BCUT2D eigenvalue weighted by Crippen LogP contribution is 2.15. The van der Waals surface area contributed by atoms with Crippen molar-refractivity contribution >= 4 is 5.91 Å². The Bertz CT molecular complexity index is 770. The molecule has 0 aliphatic heterocycles. The normalized spacial score (nSPS) is 10.5. The minimum Gasteiger partial charge on any atom is -0.352 e. The summed E-state index contributed by atoms with van der Waals surface area (Å²) in [6.07, 6.45) is 1.71. The smallest absolute Gasteiger partial charge is 0.226 e. The molecular weight excluding hydrogens is 302 g/mol. The molecule has 0 aliphatic rings. The fourth-order valence-corrected chi connectivity index (χ4v) is 2.35. The quantitative estimate of drug-likeness (QED) is 0.724. The lowest BCUT2D eigenvalue weighted by atomic mass is 10.2. The van der Waals surface area contributed by atoms with Crippen LogP contribution in [0.25, 0.3) is 11.4 Å². The Balaban J connectivity index is 1.42. The molecule has 0 unspecified atom stereocenters. The summed E-state index contributed by atoms with van der Waals surface area (Å²) >= 11 is 0. The molecule has 1 heterocycles. The highest BCUT2D eigenvalue weighted by molar-refractivity contribution is 5.75. The average Bonchev–Trinajstić information content (AvgIpc) is 3.11. The van der Waals surface area contributed by atoms with Crippen LogP contribution in [0.3, 0.4) is 0 Å². The molecule has 5 heteroatoms. The third-order valence-electron chi connectivity index (χ3n) is 3.63. The predicted molar refractivity (Wildman–Crippen MR) is 91.0 cm³/mol. The Morgan fingerprint density at radius 1 is 1.00 bits per heavy atom. The topological polar surface area (TPSA) is 68.0 Å². The van der Waals surface area contributed by atoms with Crippen LogP contribution in [0, 0.1) is 0 Å². The van der Waals surface area contributed by atoms with Crippen LogP contribution in [-0.4, -0.2) is 16.0 Å².